The normalized spacial score (nSPS) is 13.2. The van der Waals surface area contributed by atoms with E-state index >= 15 is 0 Å². The zero-order valence-corrected chi connectivity index (χ0v) is 13.8. The number of benzene rings is 2. The zero-order valence-electron chi connectivity index (χ0n) is 13.8. The molecule has 1 aliphatic rings. The van der Waals surface area contributed by atoms with Gasteiger partial charge in [0.15, 0.2) is 6.61 Å². The maximum absolute atomic E-state index is 12.2. The average Bonchev–Trinajstić information content (AvgIpc) is 2.56. The molecule has 5 heteroatoms. The van der Waals surface area contributed by atoms with E-state index in [9.17, 15) is 9.59 Å². The van der Waals surface area contributed by atoms with E-state index in [0.717, 1.165) is 22.5 Å². The third-order valence-electron chi connectivity index (χ3n) is 4.04. The maximum atomic E-state index is 12.2. The molecular formula is C19H20N2O3. The van der Waals surface area contributed by atoms with Crippen LogP contribution < -0.4 is 15.0 Å². The molecule has 2 aromatic rings. The summed E-state index contributed by atoms with van der Waals surface area (Å²) in [6.45, 7) is 4.24. The summed E-state index contributed by atoms with van der Waals surface area (Å²) in [6, 6.07) is 13.3. The number of anilines is 2. The Hall–Kier alpha value is -2.82. The summed E-state index contributed by atoms with van der Waals surface area (Å²) in [7, 11) is 0. The fourth-order valence-corrected chi connectivity index (χ4v) is 2.70. The predicted molar refractivity (Wildman–Crippen MR) is 93.5 cm³/mol. The second-order valence-corrected chi connectivity index (χ2v) is 5.92. The van der Waals surface area contributed by atoms with Crippen LogP contribution in [0.15, 0.2) is 42.5 Å². The molecule has 0 spiro atoms. The second-order valence-electron chi connectivity index (χ2n) is 5.92. The summed E-state index contributed by atoms with van der Waals surface area (Å²) in [6.07, 6.45) is 0.230. The van der Waals surface area contributed by atoms with Gasteiger partial charge in [0.2, 0.25) is 5.91 Å². The molecule has 1 aliphatic heterocycles. The summed E-state index contributed by atoms with van der Waals surface area (Å²) in [5, 5.41) is 2.89. The third kappa shape index (κ3) is 3.40. The minimum absolute atomic E-state index is 0.00940. The van der Waals surface area contributed by atoms with Gasteiger partial charge in [-0.25, -0.2) is 0 Å². The summed E-state index contributed by atoms with van der Waals surface area (Å²) in [5.41, 5.74) is 3.58. The number of hydrogen-bond acceptors (Lipinski definition) is 3. The lowest BCUT2D eigenvalue weighted by Crippen LogP contribution is -2.40. The summed E-state index contributed by atoms with van der Waals surface area (Å²) >= 11 is 0. The van der Waals surface area contributed by atoms with Crippen LogP contribution in [0.25, 0.3) is 0 Å². The fourth-order valence-electron chi connectivity index (χ4n) is 2.70. The quantitative estimate of drug-likeness (QED) is 0.940. The molecule has 0 bridgehead atoms. The standard InChI is InChI=1S/C19H20N2O3/c1-13-7-8-17-16(11-13)21(19(23)12-24-17)10-9-18(22)20-15-6-4-3-5-14(15)2/h3-8,11H,9-10,12H2,1-2H3,(H,20,22). The number of nitrogens with zero attached hydrogens (tertiary/aromatic N) is 1. The molecule has 0 aliphatic carbocycles. The Morgan fingerprint density at radius 3 is 2.79 bits per heavy atom. The van der Waals surface area contributed by atoms with Crippen molar-refractivity contribution in [2.24, 2.45) is 0 Å². The van der Waals surface area contributed by atoms with Crippen LogP contribution in [-0.2, 0) is 9.59 Å². The van der Waals surface area contributed by atoms with Gasteiger partial charge in [-0.05, 0) is 43.2 Å². The molecule has 0 saturated heterocycles. The van der Waals surface area contributed by atoms with Gasteiger partial charge in [-0.1, -0.05) is 24.3 Å². The van der Waals surface area contributed by atoms with Gasteiger partial charge in [-0.2, -0.15) is 0 Å². The first-order valence-corrected chi connectivity index (χ1v) is 7.94. The first kappa shape index (κ1) is 16.1. The Morgan fingerprint density at radius 1 is 1.21 bits per heavy atom. The first-order chi connectivity index (χ1) is 11.5. The topological polar surface area (TPSA) is 58.6 Å². The van der Waals surface area contributed by atoms with E-state index in [2.05, 4.69) is 5.32 Å². The van der Waals surface area contributed by atoms with Crippen molar-refractivity contribution in [3.05, 3.63) is 53.6 Å². The Morgan fingerprint density at radius 2 is 2.00 bits per heavy atom. The van der Waals surface area contributed by atoms with Crippen molar-refractivity contribution in [2.45, 2.75) is 20.3 Å². The minimum atomic E-state index is -0.128. The monoisotopic (exact) mass is 324 g/mol. The number of aryl methyl sites for hydroxylation is 2. The largest absolute Gasteiger partial charge is 0.482 e. The molecule has 3 rings (SSSR count). The van der Waals surface area contributed by atoms with E-state index in [1.165, 1.54) is 0 Å². The van der Waals surface area contributed by atoms with E-state index in [1.54, 1.807) is 4.90 Å². The molecule has 1 heterocycles. The van der Waals surface area contributed by atoms with Crippen LogP contribution in [0, 0.1) is 13.8 Å². The number of rotatable bonds is 4. The Kier molecular flexibility index (Phi) is 4.51. The van der Waals surface area contributed by atoms with Gasteiger partial charge < -0.3 is 15.0 Å². The second kappa shape index (κ2) is 6.74. The van der Waals surface area contributed by atoms with Gasteiger partial charge in [-0.3, -0.25) is 9.59 Å². The first-order valence-electron chi connectivity index (χ1n) is 7.94. The number of para-hydroxylation sites is 1. The number of amides is 2. The van der Waals surface area contributed by atoms with Crippen molar-refractivity contribution in [3.8, 4) is 5.75 Å². The SMILES string of the molecule is Cc1ccc2c(c1)N(CCC(=O)Nc1ccccc1C)C(=O)CO2. The van der Waals surface area contributed by atoms with Crippen molar-refractivity contribution in [1.82, 2.24) is 0 Å². The minimum Gasteiger partial charge on any atom is -0.482 e. The number of ether oxygens (including phenoxy) is 1. The number of carbonyl (C=O) groups is 2. The molecule has 5 nitrogen and oxygen atoms in total. The van der Waals surface area contributed by atoms with Crippen molar-refractivity contribution in [2.75, 3.05) is 23.4 Å². The van der Waals surface area contributed by atoms with E-state index in [1.807, 2.05) is 56.3 Å². The van der Waals surface area contributed by atoms with Crippen LogP contribution in [0.2, 0.25) is 0 Å². The summed E-state index contributed by atoms with van der Waals surface area (Å²) in [5.74, 6) is 0.439. The Bertz CT molecular complexity index is 786. The fraction of sp³-hybridized carbons (Fsp3) is 0.263. The van der Waals surface area contributed by atoms with E-state index in [-0.39, 0.29) is 24.8 Å². The molecule has 0 atom stereocenters. The number of carbonyl (C=O) groups excluding carboxylic acids is 2. The molecule has 1 N–H and O–H groups in total. The lowest BCUT2D eigenvalue weighted by Gasteiger charge is -2.29. The highest BCUT2D eigenvalue weighted by molar-refractivity contribution is 5.99. The average molecular weight is 324 g/mol. The molecule has 0 unspecified atom stereocenters. The van der Waals surface area contributed by atoms with E-state index in [0.29, 0.717) is 12.3 Å². The highest BCUT2D eigenvalue weighted by Gasteiger charge is 2.25. The molecule has 2 aromatic carbocycles. The van der Waals surface area contributed by atoms with Crippen molar-refractivity contribution in [3.63, 3.8) is 0 Å². The molecular weight excluding hydrogens is 304 g/mol. The summed E-state index contributed by atoms with van der Waals surface area (Å²) < 4.78 is 5.45. The van der Waals surface area contributed by atoms with Crippen LogP contribution in [0.4, 0.5) is 11.4 Å². The lowest BCUT2D eigenvalue weighted by atomic mass is 10.1. The van der Waals surface area contributed by atoms with E-state index in [4.69, 9.17) is 4.74 Å². The van der Waals surface area contributed by atoms with Gasteiger partial charge in [-0.15, -0.1) is 0 Å². The maximum Gasteiger partial charge on any atom is 0.265 e. The van der Waals surface area contributed by atoms with Crippen LogP contribution in [0.3, 0.4) is 0 Å². The number of hydrogen-bond donors (Lipinski definition) is 1. The molecule has 24 heavy (non-hydrogen) atoms. The van der Waals surface area contributed by atoms with Gasteiger partial charge in [0.05, 0.1) is 5.69 Å². The van der Waals surface area contributed by atoms with Gasteiger partial charge in [0.1, 0.15) is 5.75 Å². The lowest BCUT2D eigenvalue weighted by molar-refractivity contribution is -0.121. The van der Waals surface area contributed by atoms with Crippen LogP contribution >= 0.6 is 0 Å². The van der Waals surface area contributed by atoms with Crippen LogP contribution in [0.1, 0.15) is 17.5 Å². The van der Waals surface area contributed by atoms with Gasteiger partial charge >= 0.3 is 0 Å². The molecule has 124 valence electrons. The van der Waals surface area contributed by atoms with Gasteiger partial charge in [0, 0.05) is 18.7 Å². The molecule has 0 aromatic heterocycles. The van der Waals surface area contributed by atoms with Crippen molar-refractivity contribution in [1.29, 1.82) is 0 Å². The van der Waals surface area contributed by atoms with Crippen LogP contribution in [0.5, 0.6) is 5.75 Å². The predicted octanol–water partition coefficient (Wildman–Crippen LogP) is 3.06. The highest BCUT2D eigenvalue weighted by Crippen LogP contribution is 2.32. The van der Waals surface area contributed by atoms with Crippen LogP contribution in [-0.4, -0.2) is 25.0 Å². The number of fused-ring (bicyclic) bond motifs is 1. The Labute approximate surface area is 141 Å². The zero-order chi connectivity index (χ0) is 17.1. The number of nitrogens with one attached hydrogen (secondary N) is 1. The third-order valence-corrected chi connectivity index (χ3v) is 4.04. The summed E-state index contributed by atoms with van der Waals surface area (Å²) in [4.78, 5) is 26.0. The smallest absolute Gasteiger partial charge is 0.265 e. The molecule has 2 amide bonds. The van der Waals surface area contributed by atoms with Crippen molar-refractivity contribution >= 4 is 23.2 Å². The van der Waals surface area contributed by atoms with Crippen molar-refractivity contribution < 1.29 is 14.3 Å². The highest BCUT2D eigenvalue weighted by atomic mass is 16.5. The molecule has 0 radical (unpaired) electrons. The van der Waals surface area contributed by atoms with Gasteiger partial charge in [0.25, 0.3) is 5.91 Å². The molecule has 0 fully saturated rings. The Balaban J connectivity index is 1.68. The van der Waals surface area contributed by atoms with E-state index < -0.39 is 0 Å². The molecule has 0 saturated carbocycles.